The van der Waals surface area contributed by atoms with Crippen LogP contribution in [0.25, 0.3) is 0 Å². The van der Waals surface area contributed by atoms with Gasteiger partial charge in [-0.15, -0.1) is 11.3 Å². The van der Waals surface area contributed by atoms with Crippen LogP contribution < -0.4 is 15.8 Å². The van der Waals surface area contributed by atoms with Gasteiger partial charge in [0.05, 0.1) is 21.9 Å². The van der Waals surface area contributed by atoms with Crippen LogP contribution in [0.5, 0.6) is 0 Å². The number of fused-ring (bicyclic) bond motifs is 1. The molecule has 3 aliphatic rings. The van der Waals surface area contributed by atoms with Crippen molar-refractivity contribution in [1.29, 1.82) is 0 Å². The summed E-state index contributed by atoms with van der Waals surface area (Å²) < 4.78 is 45.6. The van der Waals surface area contributed by atoms with Crippen molar-refractivity contribution >= 4 is 45.0 Å². The Morgan fingerprint density at radius 2 is 2.13 bits per heavy atom. The van der Waals surface area contributed by atoms with Gasteiger partial charge in [0.1, 0.15) is 18.1 Å². The van der Waals surface area contributed by atoms with E-state index in [4.69, 9.17) is 17.3 Å². The zero-order valence-electron chi connectivity index (χ0n) is 21.0. The quantitative estimate of drug-likeness (QED) is 0.342. The van der Waals surface area contributed by atoms with Gasteiger partial charge in [0.2, 0.25) is 15.0 Å². The lowest BCUT2D eigenvalue weighted by molar-refractivity contribution is -0.466. The number of amidine groups is 1. The minimum Gasteiger partial charge on any atom is -0.398 e. The summed E-state index contributed by atoms with van der Waals surface area (Å²) in [7, 11) is -1.83. The molecule has 1 saturated heterocycles. The minimum absolute atomic E-state index is 0.261. The minimum atomic E-state index is -3.48. The van der Waals surface area contributed by atoms with Crippen LogP contribution in [0.3, 0.4) is 0 Å². The number of aliphatic imine (C=N–C) groups is 1. The highest BCUT2D eigenvalue weighted by Crippen LogP contribution is 2.39. The second kappa shape index (κ2) is 11.3. The van der Waals surface area contributed by atoms with Crippen LogP contribution in [0.2, 0.25) is 5.02 Å². The van der Waals surface area contributed by atoms with E-state index in [0.717, 1.165) is 41.4 Å². The normalized spacial score (nSPS) is 23.3. The standard InChI is InChI=1S/C26H30ClFN6O2S2/c1-30-10-9-21(29)23-22-14-17(33-38(35,36)18-5-3-2-4-6-18)15-34(22)25(26-31-11-12-37-26)32-24(23)19-8-7-16(28)13-20(19)27/h7-13,17-18,24,33H,2-6,14-15H2,1H3,(H2,29,30)/p+1/t17?,24-/m0/s1. The molecule has 1 unspecified atom stereocenters. The summed E-state index contributed by atoms with van der Waals surface area (Å²) in [6.07, 6.45) is 9.80. The van der Waals surface area contributed by atoms with Crippen molar-refractivity contribution in [2.24, 2.45) is 10.7 Å². The second-order valence-corrected chi connectivity index (χ2v) is 13.0. The molecule has 2 fully saturated rings. The zero-order valence-corrected chi connectivity index (χ0v) is 23.4. The number of halogens is 2. The Kier molecular flexibility index (Phi) is 7.99. The summed E-state index contributed by atoms with van der Waals surface area (Å²) in [6.45, 7) is 0.422. The Morgan fingerprint density at radius 1 is 1.34 bits per heavy atom. The van der Waals surface area contributed by atoms with E-state index in [2.05, 4.69) is 24.6 Å². The first-order valence-corrected chi connectivity index (χ1v) is 15.5. The lowest BCUT2D eigenvalue weighted by Gasteiger charge is -2.27. The Morgan fingerprint density at radius 3 is 2.82 bits per heavy atom. The topological polar surface area (TPSA) is 112 Å². The number of benzene rings is 1. The summed E-state index contributed by atoms with van der Waals surface area (Å²) in [4.78, 5) is 8.55. The van der Waals surface area contributed by atoms with E-state index in [1.54, 1.807) is 31.6 Å². The van der Waals surface area contributed by atoms with Crippen molar-refractivity contribution in [2.45, 2.75) is 55.9 Å². The van der Waals surface area contributed by atoms with Gasteiger partial charge in [-0.3, -0.25) is 10.3 Å². The molecule has 0 radical (unpaired) electrons. The molecule has 1 aromatic carbocycles. The van der Waals surface area contributed by atoms with Gasteiger partial charge in [-0.1, -0.05) is 36.9 Å². The van der Waals surface area contributed by atoms with Gasteiger partial charge in [0, 0.05) is 42.5 Å². The fourth-order valence-corrected chi connectivity index (χ4v) is 8.22. The van der Waals surface area contributed by atoms with Crippen molar-refractivity contribution in [1.82, 2.24) is 15.0 Å². The van der Waals surface area contributed by atoms with Crippen LogP contribution in [0, 0.1) is 5.82 Å². The van der Waals surface area contributed by atoms with Gasteiger partial charge in [0.15, 0.2) is 6.04 Å². The van der Waals surface area contributed by atoms with Crippen LogP contribution in [0.15, 0.2) is 57.8 Å². The van der Waals surface area contributed by atoms with Crippen molar-refractivity contribution in [2.75, 3.05) is 13.6 Å². The number of hydrogen-bond acceptors (Lipinski definition) is 7. The first-order valence-electron chi connectivity index (χ1n) is 12.7. The third-order valence-electron chi connectivity index (χ3n) is 7.26. The Balaban J connectivity index is 1.62. The molecule has 5 rings (SSSR count). The van der Waals surface area contributed by atoms with Gasteiger partial charge in [-0.25, -0.2) is 27.1 Å². The number of allylic oxidation sites excluding steroid dienone is 1. The SMILES string of the molecule is CN=CC=C(N)C1=C2CC(NS(=O)(=O)C3CCCCC3)C[N+]2=C(c2nccs2)N[C@H]1c1ccc(F)cc1Cl. The van der Waals surface area contributed by atoms with Crippen LogP contribution in [0.4, 0.5) is 4.39 Å². The van der Waals surface area contributed by atoms with E-state index >= 15 is 0 Å². The Bertz CT molecular complexity index is 1430. The molecule has 4 N–H and O–H groups in total. The van der Waals surface area contributed by atoms with E-state index in [-0.39, 0.29) is 16.3 Å². The highest BCUT2D eigenvalue weighted by molar-refractivity contribution is 7.90. The van der Waals surface area contributed by atoms with Crippen molar-refractivity contribution in [3.63, 3.8) is 0 Å². The largest absolute Gasteiger partial charge is 0.398 e. The zero-order chi connectivity index (χ0) is 26.9. The third kappa shape index (κ3) is 5.42. The third-order valence-corrected chi connectivity index (χ3v) is 10.4. The molecule has 2 aliphatic heterocycles. The number of sulfonamides is 1. The average molecular weight is 578 g/mol. The number of hydrogen-bond donors (Lipinski definition) is 3. The fraction of sp³-hybridized carbons (Fsp3) is 0.423. The molecular formula is C26H31ClFN6O2S2+. The first kappa shape index (κ1) is 27.0. The van der Waals surface area contributed by atoms with E-state index in [1.807, 2.05) is 5.38 Å². The maximum atomic E-state index is 14.0. The van der Waals surface area contributed by atoms with E-state index in [1.165, 1.54) is 23.5 Å². The monoisotopic (exact) mass is 577 g/mol. The molecule has 12 heteroatoms. The smallest absolute Gasteiger partial charge is 0.312 e. The second-order valence-electron chi connectivity index (χ2n) is 9.75. The molecule has 38 heavy (non-hydrogen) atoms. The summed E-state index contributed by atoms with van der Waals surface area (Å²) in [6, 6.07) is 3.43. The van der Waals surface area contributed by atoms with Gasteiger partial charge in [-0.2, -0.15) is 0 Å². The Labute approximate surface area is 231 Å². The van der Waals surface area contributed by atoms with Gasteiger partial charge in [-0.05, 0) is 31.1 Å². The van der Waals surface area contributed by atoms with Crippen LogP contribution in [0.1, 0.15) is 55.1 Å². The molecule has 8 nitrogen and oxygen atoms in total. The molecule has 0 spiro atoms. The molecule has 0 bridgehead atoms. The van der Waals surface area contributed by atoms with Crippen molar-refractivity contribution in [3.8, 4) is 0 Å². The van der Waals surface area contributed by atoms with Gasteiger partial charge >= 0.3 is 5.84 Å². The number of nitrogens with two attached hydrogens (primary N) is 1. The van der Waals surface area contributed by atoms with Crippen molar-refractivity contribution < 1.29 is 17.4 Å². The number of nitrogens with one attached hydrogen (secondary N) is 2. The molecular weight excluding hydrogens is 547 g/mol. The van der Waals surface area contributed by atoms with Crippen LogP contribution in [-0.4, -0.2) is 54.9 Å². The molecule has 0 amide bonds. The molecule has 1 saturated carbocycles. The first-order chi connectivity index (χ1) is 18.3. The summed E-state index contributed by atoms with van der Waals surface area (Å²) in [5, 5.41) is 6.07. The van der Waals surface area contributed by atoms with E-state index in [0.29, 0.717) is 37.1 Å². The molecule has 1 aromatic heterocycles. The Hall–Kier alpha value is -2.60. The molecule has 1 aliphatic carbocycles. The number of nitrogens with zero attached hydrogens (tertiary/aromatic N) is 3. The van der Waals surface area contributed by atoms with E-state index < -0.39 is 21.9 Å². The number of thiazole rings is 1. The fourth-order valence-electron chi connectivity index (χ4n) is 5.52. The number of rotatable bonds is 7. The highest BCUT2D eigenvalue weighted by atomic mass is 35.5. The molecule has 2 aromatic rings. The van der Waals surface area contributed by atoms with Crippen LogP contribution >= 0.6 is 22.9 Å². The molecule has 3 heterocycles. The summed E-state index contributed by atoms with van der Waals surface area (Å²) >= 11 is 8.01. The van der Waals surface area contributed by atoms with Crippen LogP contribution in [-0.2, 0) is 10.0 Å². The maximum Gasteiger partial charge on any atom is 0.312 e. The van der Waals surface area contributed by atoms with Gasteiger partial charge in [0.25, 0.3) is 0 Å². The van der Waals surface area contributed by atoms with E-state index in [9.17, 15) is 12.8 Å². The predicted molar refractivity (Wildman–Crippen MR) is 150 cm³/mol. The maximum absolute atomic E-state index is 14.0. The number of aromatic nitrogens is 1. The lowest BCUT2D eigenvalue weighted by Crippen LogP contribution is -2.44. The van der Waals surface area contributed by atoms with Crippen molar-refractivity contribution in [3.05, 3.63) is 74.2 Å². The predicted octanol–water partition coefficient (Wildman–Crippen LogP) is 3.86. The average Bonchev–Trinajstić information content (AvgIpc) is 3.57. The van der Waals surface area contributed by atoms with Gasteiger partial charge < -0.3 is 5.73 Å². The summed E-state index contributed by atoms with van der Waals surface area (Å²) in [5.74, 6) is 0.301. The molecule has 2 atom stereocenters. The lowest BCUT2D eigenvalue weighted by atomic mass is 9.91. The highest BCUT2D eigenvalue weighted by Gasteiger charge is 2.45. The molecule has 202 valence electrons. The summed E-state index contributed by atoms with van der Waals surface area (Å²) in [5.41, 5.74) is 9.35.